The van der Waals surface area contributed by atoms with Crippen molar-refractivity contribution in [1.82, 2.24) is 19.1 Å². The van der Waals surface area contributed by atoms with Gasteiger partial charge in [-0.3, -0.25) is 9.36 Å². The second kappa shape index (κ2) is 8.70. The molecule has 3 heterocycles. The highest BCUT2D eigenvalue weighted by molar-refractivity contribution is 5.89. The first-order chi connectivity index (χ1) is 15.3. The van der Waals surface area contributed by atoms with Crippen molar-refractivity contribution in [2.45, 2.75) is 44.8 Å². The van der Waals surface area contributed by atoms with Gasteiger partial charge in [0.2, 0.25) is 5.95 Å². The van der Waals surface area contributed by atoms with Crippen LogP contribution in [0.5, 0.6) is 0 Å². The number of methoxy groups -OCH3 is 2. The number of hydrogen-bond donors (Lipinski definition) is 1. The minimum absolute atomic E-state index is 0.150. The molecule has 0 radical (unpaired) electrons. The SMILES string of the molecule is COC(=O)c1cc(Nc2nc(C)c3cc(F)c(=O)n(C4CCC(OC)CC4)c3n2)cn1C. The van der Waals surface area contributed by atoms with Gasteiger partial charge in [0.15, 0.2) is 5.82 Å². The molecule has 0 aliphatic heterocycles. The van der Waals surface area contributed by atoms with Gasteiger partial charge in [0.1, 0.15) is 11.3 Å². The van der Waals surface area contributed by atoms with Gasteiger partial charge in [0.25, 0.3) is 5.56 Å². The maximum Gasteiger partial charge on any atom is 0.354 e. The molecular weight excluding hydrogens is 417 g/mol. The Balaban J connectivity index is 1.76. The number of aryl methyl sites for hydroxylation is 2. The first-order valence-electron chi connectivity index (χ1n) is 10.5. The summed E-state index contributed by atoms with van der Waals surface area (Å²) in [6.07, 6.45) is 4.84. The van der Waals surface area contributed by atoms with Crippen LogP contribution in [0.15, 0.2) is 23.1 Å². The number of hydrogen-bond acceptors (Lipinski definition) is 7. The van der Waals surface area contributed by atoms with E-state index in [4.69, 9.17) is 9.47 Å². The Bertz CT molecular complexity index is 1230. The van der Waals surface area contributed by atoms with Crippen LogP contribution in [0, 0.1) is 12.7 Å². The quantitative estimate of drug-likeness (QED) is 0.604. The number of halogens is 1. The smallest absolute Gasteiger partial charge is 0.354 e. The summed E-state index contributed by atoms with van der Waals surface area (Å²) in [4.78, 5) is 33.7. The van der Waals surface area contributed by atoms with E-state index in [1.54, 1.807) is 37.9 Å². The van der Waals surface area contributed by atoms with E-state index < -0.39 is 17.3 Å². The van der Waals surface area contributed by atoms with Crippen LogP contribution >= 0.6 is 0 Å². The number of fused-ring (bicyclic) bond motifs is 1. The van der Waals surface area contributed by atoms with Gasteiger partial charge in [-0.25, -0.2) is 14.2 Å². The van der Waals surface area contributed by atoms with Gasteiger partial charge in [-0.2, -0.15) is 4.98 Å². The molecule has 0 spiro atoms. The normalized spacial score (nSPS) is 18.7. The van der Waals surface area contributed by atoms with E-state index in [9.17, 15) is 14.0 Å². The summed E-state index contributed by atoms with van der Waals surface area (Å²) in [7, 11) is 4.72. The molecule has 1 aliphatic rings. The average Bonchev–Trinajstić information content (AvgIpc) is 3.15. The predicted molar refractivity (Wildman–Crippen MR) is 117 cm³/mol. The molecule has 9 nitrogen and oxygen atoms in total. The van der Waals surface area contributed by atoms with E-state index in [0.717, 1.165) is 12.8 Å². The van der Waals surface area contributed by atoms with Crippen molar-refractivity contribution in [2.75, 3.05) is 19.5 Å². The lowest BCUT2D eigenvalue weighted by Crippen LogP contribution is -2.32. The van der Waals surface area contributed by atoms with Crippen LogP contribution in [0.2, 0.25) is 0 Å². The number of ether oxygens (including phenoxy) is 2. The molecule has 10 heteroatoms. The highest BCUT2D eigenvalue weighted by atomic mass is 19.1. The molecule has 170 valence electrons. The number of pyridine rings is 1. The maximum atomic E-state index is 14.5. The molecule has 0 amide bonds. The zero-order valence-corrected chi connectivity index (χ0v) is 18.5. The Morgan fingerprint density at radius 1 is 1.19 bits per heavy atom. The van der Waals surface area contributed by atoms with Crippen LogP contribution in [0.4, 0.5) is 16.0 Å². The van der Waals surface area contributed by atoms with Crippen molar-refractivity contribution in [3.63, 3.8) is 0 Å². The third-order valence-electron chi connectivity index (χ3n) is 6.04. The minimum atomic E-state index is -0.815. The van der Waals surface area contributed by atoms with Gasteiger partial charge in [-0.1, -0.05) is 0 Å². The van der Waals surface area contributed by atoms with E-state index in [0.29, 0.717) is 41.0 Å². The summed E-state index contributed by atoms with van der Waals surface area (Å²) in [5.41, 5.74) is 1.19. The number of carbonyl (C=O) groups excluding carboxylic acids is 1. The molecule has 1 saturated carbocycles. The second-order valence-corrected chi connectivity index (χ2v) is 8.05. The van der Waals surface area contributed by atoms with Gasteiger partial charge < -0.3 is 19.4 Å². The number of carbonyl (C=O) groups is 1. The molecule has 1 aliphatic carbocycles. The molecule has 4 rings (SSSR count). The van der Waals surface area contributed by atoms with Crippen LogP contribution in [0.25, 0.3) is 11.0 Å². The fraction of sp³-hybridized carbons (Fsp3) is 0.455. The largest absolute Gasteiger partial charge is 0.464 e. The molecule has 1 N–H and O–H groups in total. The monoisotopic (exact) mass is 443 g/mol. The maximum absolute atomic E-state index is 14.5. The molecule has 32 heavy (non-hydrogen) atoms. The van der Waals surface area contributed by atoms with Crippen molar-refractivity contribution in [2.24, 2.45) is 7.05 Å². The molecule has 3 aromatic rings. The first-order valence-corrected chi connectivity index (χ1v) is 10.5. The molecule has 0 saturated heterocycles. The highest BCUT2D eigenvalue weighted by Gasteiger charge is 2.26. The van der Waals surface area contributed by atoms with Crippen molar-refractivity contribution in [3.8, 4) is 0 Å². The lowest BCUT2D eigenvalue weighted by Gasteiger charge is -2.29. The zero-order valence-electron chi connectivity index (χ0n) is 18.5. The molecule has 3 aromatic heterocycles. The topological polar surface area (TPSA) is 100 Å². The van der Waals surface area contributed by atoms with Crippen LogP contribution < -0.4 is 10.9 Å². The van der Waals surface area contributed by atoms with E-state index in [1.807, 2.05) is 0 Å². The minimum Gasteiger partial charge on any atom is -0.464 e. The van der Waals surface area contributed by atoms with E-state index in [-0.39, 0.29) is 18.1 Å². The number of esters is 1. The number of anilines is 2. The third kappa shape index (κ3) is 3.97. The van der Waals surface area contributed by atoms with Crippen molar-refractivity contribution >= 4 is 28.6 Å². The molecule has 1 fully saturated rings. The van der Waals surface area contributed by atoms with Crippen LogP contribution in [0.3, 0.4) is 0 Å². The summed E-state index contributed by atoms with van der Waals surface area (Å²) < 4.78 is 27.8. The Kier molecular flexibility index (Phi) is 5.96. The van der Waals surface area contributed by atoms with Crippen molar-refractivity contribution in [1.29, 1.82) is 0 Å². The number of nitrogens with one attached hydrogen (secondary N) is 1. The van der Waals surface area contributed by atoms with Gasteiger partial charge >= 0.3 is 5.97 Å². The predicted octanol–water partition coefficient (Wildman–Crippen LogP) is 3.24. The van der Waals surface area contributed by atoms with Gasteiger partial charge in [-0.15, -0.1) is 0 Å². The Morgan fingerprint density at radius 3 is 2.56 bits per heavy atom. The van der Waals surface area contributed by atoms with Crippen molar-refractivity contribution < 1.29 is 18.7 Å². The second-order valence-electron chi connectivity index (χ2n) is 8.05. The summed E-state index contributed by atoms with van der Waals surface area (Å²) >= 11 is 0. The molecular formula is C22H26FN5O4. The fourth-order valence-electron chi connectivity index (χ4n) is 4.32. The molecule has 0 bridgehead atoms. The molecule has 0 aromatic carbocycles. The van der Waals surface area contributed by atoms with E-state index >= 15 is 0 Å². The summed E-state index contributed by atoms with van der Waals surface area (Å²) in [6.45, 7) is 1.75. The Hall–Kier alpha value is -3.27. The highest BCUT2D eigenvalue weighted by Crippen LogP contribution is 2.31. The van der Waals surface area contributed by atoms with Crippen LogP contribution in [-0.4, -0.2) is 45.4 Å². The number of nitrogens with zero attached hydrogens (tertiary/aromatic N) is 4. The fourth-order valence-corrected chi connectivity index (χ4v) is 4.32. The lowest BCUT2D eigenvalue weighted by atomic mass is 9.92. The van der Waals surface area contributed by atoms with Crippen LogP contribution in [0.1, 0.15) is 47.9 Å². The Labute approximate surface area is 184 Å². The molecule has 0 unspecified atom stereocenters. The molecule has 0 atom stereocenters. The lowest BCUT2D eigenvalue weighted by molar-refractivity contribution is 0.0583. The summed E-state index contributed by atoms with van der Waals surface area (Å²) in [6, 6.07) is 2.65. The third-order valence-corrected chi connectivity index (χ3v) is 6.04. The summed E-state index contributed by atoms with van der Waals surface area (Å²) in [5.74, 6) is -1.03. The Morgan fingerprint density at radius 2 is 1.91 bits per heavy atom. The van der Waals surface area contributed by atoms with Crippen LogP contribution in [-0.2, 0) is 16.5 Å². The average molecular weight is 443 g/mol. The zero-order chi connectivity index (χ0) is 23.0. The van der Waals surface area contributed by atoms with Gasteiger partial charge in [0.05, 0.1) is 24.6 Å². The van der Waals surface area contributed by atoms with Crippen molar-refractivity contribution in [3.05, 3.63) is 45.9 Å². The first kappa shape index (κ1) is 21.9. The standard InChI is InChI=1S/C22H26FN5O4/c1-12-16-10-17(23)20(29)28(14-5-7-15(31-3)8-6-14)19(16)26-22(24-12)25-13-9-18(21(30)32-4)27(2)11-13/h9-11,14-15H,5-8H2,1-4H3,(H,24,25,26). The van der Waals surface area contributed by atoms with Gasteiger partial charge in [0, 0.05) is 31.8 Å². The number of rotatable bonds is 5. The van der Waals surface area contributed by atoms with E-state index in [1.165, 1.54) is 17.7 Å². The summed E-state index contributed by atoms with van der Waals surface area (Å²) in [5, 5.41) is 3.57. The van der Waals surface area contributed by atoms with E-state index in [2.05, 4.69) is 15.3 Å². The number of aromatic nitrogens is 4. The van der Waals surface area contributed by atoms with Gasteiger partial charge in [-0.05, 0) is 44.7 Å².